The molecule has 0 aliphatic carbocycles. The van der Waals surface area contributed by atoms with E-state index in [-0.39, 0.29) is 5.75 Å². The van der Waals surface area contributed by atoms with Crippen molar-refractivity contribution in [1.82, 2.24) is 0 Å². The highest BCUT2D eigenvalue weighted by Crippen LogP contribution is 2.31. The number of hydrogen-bond acceptors (Lipinski definition) is 4. The highest BCUT2D eigenvalue weighted by atomic mass is 16.5. The average Bonchev–Trinajstić information content (AvgIpc) is 2.57. The first-order valence-electron chi connectivity index (χ1n) is 7.86. The Balaban J connectivity index is 2.25. The van der Waals surface area contributed by atoms with Crippen LogP contribution < -0.4 is 9.47 Å². The van der Waals surface area contributed by atoms with Crippen molar-refractivity contribution in [2.24, 2.45) is 0 Å². The molecule has 0 aliphatic rings. The third kappa shape index (κ3) is 4.41. The predicted molar refractivity (Wildman–Crippen MR) is 91.0 cm³/mol. The van der Waals surface area contributed by atoms with Gasteiger partial charge in [-0.2, -0.15) is 0 Å². The summed E-state index contributed by atoms with van der Waals surface area (Å²) in [4.78, 5) is 11.6. The first kappa shape index (κ1) is 17.7. The van der Waals surface area contributed by atoms with Crippen molar-refractivity contribution in [3.05, 3.63) is 53.6 Å². The molecule has 1 atom stereocenters. The van der Waals surface area contributed by atoms with Gasteiger partial charge in [-0.15, -0.1) is 0 Å². The number of methoxy groups -OCH3 is 1. The lowest BCUT2D eigenvalue weighted by molar-refractivity contribution is -0.138. The van der Waals surface area contributed by atoms with E-state index in [1.807, 2.05) is 13.0 Å². The highest BCUT2D eigenvalue weighted by Gasteiger charge is 2.21. The quantitative estimate of drug-likeness (QED) is 0.773. The van der Waals surface area contributed by atoms with Gasteiger partial charge in [0, 0.05) is 0 Å². The van der Waals surface area contributed by atoms with E-state index in [0.29, 0.717) is 30.1 Å². The summed E-state index contributed by atoms with van der Waals surface area (Å²) in [7, 11) is 1.56. The smallest absolute Gasteiger partial charge is 0.311 e. The van der Waals surface area contributed by atoms with Crippen LogP contribution in [0.4, 0.5) is 0 Å². The number of hydrogen-bond donors (Lipinski definition) is 2. The Morgan fingerprint density at radius 3 is 2.58 bits per heavy atom. The third-order valence-electron chi connectivity index (χ3n) is 3.70. The molecule has 0 spiro atoms. The van der Waals surface area contributed by atoms with Crippen molar-refractivity contribution in [3.8, 4) is 17.2 Å². The fraction of sp³-hybridized carbons (Fsp3) is 0.316. The van der Waals surface area contributed by atoms with Crippen molar-refractivity contribution in [2.75, 3.05) is 13.7 Å². The number of aliphatic carboxylic acids is 1. The average molecular weight is 330 g/mol. The molecule has 128 valence electrons. The second-order valence-corrected chi connectivity index (χ2v) is 5.52. The summed E-state index contributed by atoms with van der Waals surface area (Å²) >= 11 is 0. The Hall–Kier alpha value is -2.69. The lowest BCUT2D eigenvalue weighted by atomic mass is 9.92. The lowest BCUT2D eigenvalue weighted by Crippen LogP contribution is -2.14. The Kier molecular flexibility index (Phi) is 6.07. The Bertz CT molecular complexity index is 696. The molecule has 24 heavy (non-hydrogen) atoms. The van der Waals surface area contributed by atoms with Crippen LogP contribution in [0.1, 0.15) is 30.4 Å². The number of carboxylic acid groups (broad SMARTS) is 1. The minimum absolute atomic E-state index is 0.0552. The summed E-state index contributed by atoms with van der Waals surface area (Å²) in [5, 5.41) is 19.1. The Labute approximate surface area is 141 Å². The molecule has 0 saturated carbocycles. The van der Waals surface area contributed by atoms with Crippen LogP contribution in [0, 0.1) is 0 Å². The van der Waals surface area contributed by atoms with Gasteiger partial charge >= 0.3 is 5.97 Å². The van der Waals surface area contributed by atoms with E-state index < -0.39 is 11.9 Å². The van der Waals surface area contributed by atoms with Gasteiger partial charge in [-0.1, -0.05) is 25.1 Å². The molecule has 0 fully saturated rings. The molecule has 0 heterocycles. The molecule has 2 aromatic carbocycles. The fourth-order valence-electron chi connectivity index (χ4n) is 2.50. The molecule has 2 rings (SSSR count). The molecule has 0 aromatic heterocycles. The van der Waals surface area contributed by atoms with Crippen LogP contribution in [0.25, 0.3) is 0 Å². The van der Waals surface area contributed by atoms with E-state index in [0.717, 1.165) is 12.0 Å². The molecular weight excluding hydrogens is 308 g/mol. The van der Waals surface area contributed by atoms with Crippen LogP contribution in [0.2, 0.25) is 0 Å². The normalized spacial score (nSPS) is 11.8. The number of ether oxygens (including phenoxy) is 2. The van der Waals surface area contributed by atoms with Gasteiger partial charge in [0.25, 0.3) is 0 Å². The minimum atomic E-state index is -0.939. The van der Waals surface area contributed by atoms with Gasteiger partial charge in [-0.25, -0.2) is 0 Å². The Morgan fingerprint density at radius 2 is 1.96 bits per heavy atom. The summed E-state index contributed by atoms with van der Waals surface area (Å²) in [6.45, 7) is 2.62. The number of benzene rings is 2. The standard InChI is InChI=1S/C19H22O5/c1-3-9-24-17-8-7-13(11-18(17)23-2)10-16(19(21)22)14-5-4-6-15(20)12-14/h4-8,11-12,16,20H,3,9-10H2,1-2H3,(H,21,22). The van der Waals surface area contributed by atoms with E-state index in [1.54, 1.807) is 31.4 Å². The summed E-state index contributed by atoms with van der Waals surface area (Å²) in [6, 6.07) is 11.8. The van der Waals surface area contributed by atoms with Crippen molar-refractivity contribution in [2.45, 2.75) is 25.7 Å². The maximum atomic E-state index is 11.6. The summed E-state index contributed by atoms with van der Waals surface area (Å²) in [5.41, 5.74) is 1.39. The predicted octanol–water partition coefficient (Wildman–Crippen LogP) is 3.60. The number of rotatable bonds is 8. The number of phenols is 1. The molecule has 5 heteroatoms. The van der Waals surface area contributed by atoms with Gasteiger partial charge in [0.2, 0.25) is 0 Å². The number of carboxylic acids is 1. The van der Waals surface area contributed by atoms with Crippen LogP contribution in [0.5, 0.6) is 17.2 Å². The van der Waals surface area contributed by atoms with E-state index in [9.17, 15) is 15.0 Å². The maximum absolute atomic E-state index is 11.6. The van der Waals surface area contributed by atoms with Crippen LogP contribution >= 0.6 is 0 Å². The molecule has 0 aliphatic heterocycles. The summed E-state index contributed by atoms with van der Waals surface area (Å²) in [6.07, 6.45) is 1.19. The van der Waals surface area contributed by atoms with E-state index in [4.69, 9.17) is 9.47 Å². The molecule has 0 radical (unpaired) electrons. The van der Waals surface area contributed by atoms with Gasteiger partial charge in [0.05, 0.1) is 19.6 Å². The minimum Gasteiger partial charge on any atom is -0.508 e. The van der Waals surface area contributed by atoms with Gasteiger partial charge in [-0.3, -0.25) is 4.79 Å². The molecule has 0 bridgehead atoms. The van der Waals surface area contributed by atoms with E-state index in [1.165, 1.54) is 12.1 Å². The number of aromatic hydroxyl groups is 1. The van der Waals surface area contributed by atoms with Crippen LogP contribution in [-0.4, -0.2) is 29.9 Å². The lowest BCUT2D eigenvalue weighted by Gasteiger charge is -2.15. The zero-order valence-electron chi connectivity index (χ0n) is 13.9. The molecule has 0 saturated heterocycles. The van der Waals surface area contributed by atoms with Crippen LogP contribution in [0.15, 0.2) is 42.5 Å². The molecule has 2 aromatic rings. The second kappa shape index (κ2) is 8.24. The SMILES string of the molecule is CCCOc1ccc(CC(C(=O)O)c2cccc(O)c2)cc1OC. The van der Waals surface area contributed by atoms with Gasteiger partial charge in [-0.05, 0) is 48.2 Å². The molecule has 2 N–H and O–H groups in total. The molecule has 1 unspecified atom stereocenters. The first-order valence-corrected chi connectivity index (χ1v) is 7.86. The molecular formula is C19H22O5. The topological polar surface area (TPSA) is 76.0 Å². The summed E-state index contributed by atoms with van der Waals surface area (Å²) < 4.78 is 10.9. The maximum Gasteiger partial charge on any atom is 0.311 e. The van der Waals surface area contributed by atoms with E-state index >= 15 is 0 Å². The van der Waals surface area contributed by atoms with Crippen molar-refractivity contribution in [1.29, 1.82) is 0 Å². The second-order valence-electron chi connectivity index (χ2n) is 5.52. The van der Waals surface area contributed by atoms with E-state index in [2.05, 4.69) is 0 Å². The number of phenolic OH excluding ortho intramolecular Hbond substituents is 1. The van der Waals surface area contributed by atoms with Crippen molar-refractivity contribution >= 4 is 5.97 Å². The monoisotopic (exact) mass is 330 g/mol. The largest absolute Gasteiger partial charge is 0.508 e. The highest BCUT2D eigenvalue weighted by molar-refractivity contribution is 5.76. The van der Waals surface area contributed by atoms with Crippen molar-refractivity contribution in [3.63, 3.8) is 0 Å². The molecule has 0 amide bonds. The molecule has 5 nitrogen and oxygen atoms in total. The van der Waals surface area contributed by atoms with Gasteiger partial charge < -0.3 is 19.7 Å². The van der Waals surface area contributed by atoms with Crippen LogP contribution in [0.3, 0.4) is 0 Å². The Morgan fingerprint density at radius 1 is 1.17 bits per heavy atom. The zero-order chi connectivity index (χ0) is 17.5. The van der Waals surface area contributed by atoms with Crippen molar-refractivity contribution < 1.29 is 24.5 Å². The third-order valence-corrected chi connectivity index (χ3v) is 3.70. The fourth-order valence-corrected chi connectivity index (χ4v) is 2.50. The van der Waals surface area contributed by atoms with Gasteiger partial charge in [0.15, 0.2) is 11.5 Å². The zero-order valence-corrected chi connectivity index (χ0v) is 13.9. The number of carbonyl (C=O) groups is 1. The first-order chi connectivity index (χ1) is 11.5. The summed E-state index contributed by atoms with van der Waals surface area (Å²) in [5.74, 6) is -0.400. The van der Waals surface area contributed by atoms with Gasteiger partial charge in [0.1, 0.15) is 5.75 Å². The van der Waals surface area contributed by atoms with Crippen LogP contribution in [-0.2, 0) is 11.2 Å².